The Kier molecular flexibility index (Phi) is 2.98. The fourth-order valence-corrected chi connectivity index (χ4v) is 1.76. The Bertz CT molecular complexity index is 546. The van der Waals surface area contributed by atoms with E-state index in [0.717, 1.165) is 5.56 Å². The normalized spacial score (nSPS) is 12.8. The summed E-state index contributed by atoms with van der Waals surface area (Å²) < 4.78 is 15.2. The lowest BCUT2D eigenvalue weighted by Gasteiger charge is -2.13. The second kappa shape index (κ2) is 4.30. The van der Waals surface area contributed by atoms with Gasteiger partial charge in [-0.1, -0.05) is 0 Å². The third-order valence-corrected chi connectivity index (χ3v) is 2.72. The van der Waals surface area contributed by atoms with E-state index in [9.17, 15) is 9.50 Å². The summed E-state index contributed by atoms with van der Waals surface area (Å²) in [5.41, 5.74) is 2.81. The molecule has 4 heteroatoms. The van der Waals surface area contributed by atoms with E-state index in [4.69, 9.17) is 0 Å². The van der Waals surface area contributed by atoms with Gasteiger partial charge in [0.25, 0.3) is 0 Å². The van der Waals surface area contributed by atoms with Gasteiger partial charge in [-0.05, 0) is 44.0 Å². The third-order valence-electron chi connectivity index (χ3n) is 2.72. The molecule has 3 nitrogen and oxygen atoms in total. The van der Waals surface area contributed by atoms with Crippen molar-refractivity contribution in [3.8, 4) is 5.69 Å². The molecule has 1 aromatic heterocycles. The van der Waals surface area contributed by atoms with Gasteiger partial charge in [-0.2, -0.15) is 5.10 Å². The molecule has 1 unspecified atom stereocenters. The highest BCUT2D eigenvalue weighted by Gasteiger charge is 2.13. The summed E-state index contributed by atoms with van der Waals surface area (Å²) in [6.45, 7) is 5.24. The van der Waals surface area contributed by atoms with Crippen LogP contribution in [-0.4, -0.2) is 14.9 Å². The molecule has 1 N–H and O–H groups in total. The minimum absolute atomic E-state index is 0.312. The summed E-state index contributed by atoms with van der Waals surface area (Å²) >= 11 is 0. The molecule has 2 rings (SSSR count). The molecular formula is C13H15FN2O. The number of aliphatic hydroxyl groups excluding tert-OH is 1. The maximum Gasteiger partial charge on any atom is 0.126 e. The van der Waals surface area contributed by atoms with Crippen LogP contribution in [0.2, 0.25) is 0 Å². The Morgan fingerprint density at radius 3 is 2.59 bits per heavy atom. The molecule has 1 aromatic carbocycles. The molecule has 0 fully saturated rings. The van der Waals surface area contributed by atoms with Crippen LogP contribution in [0.25, 0.3) is 5.69 Å². The van der Waals surface area contributed by atoms with Gasteiger partial charge in [0.05, 0.1) is 18.0 Å². The van der Waals surface area contributed by atoms with E-state index in [-0.39, 0.29) is 5.82 Å². The maximum absolute atomic E-state index is 13.5. The summed E-state index contributed by atoms with van der Waals surface area (Å²) in [6.07, 6.45) is 2.84. The highest BCUT2D eigenvalue weighted by molar-refractivity contribution is 5.45. The van der Waals surface area contributed by atoms with Crippen LogP contribution in [0.1, 0.15) is 29.7 Å². The van der Waals surface area contributed by atoms with Crippen LogP contribution in [0.4, 0.5) is 4.39 Å². The SMILES string of the molecule is Cc1cnn(-c2cc(C)c(F)cc2C(C)O)c1. The van der Waals surface area contributed by atoms with Crippen molar-refractivity contribution in [2.45, 2.75) is 26.9 Å². The van der Waals surface area contributed by atoms with E-state index in [2.05, 4.69) is 5.10 Å². The average Bonchev–Trinajstić information content (AvgIpc) is 2.68. The van der Waals surface area contributed by atoms with Gasteiger partial charge in [-0.3, -0.25) is 0 Å². The van der Waals surface area contributed by atoms with Gasteiger partial charge in [0.1, 0.15) is 5.82 Å². The number of benzene rings is 1. The van der Waals surface area contributed by atoms with Crippen molar-refractivity contribution in [1.82, 2.24) is 9.78 Å². The summed E-state index contributed by atoms with van der Waals surface area (Å²) in [4.78, 5) is 0. The number of aryl methyl sites for hydroxylation is 2. The Hall–Kier alpha value is -1.68. The molecule has 0 aliphatic rings. The van der Waals surface area contributed by atoms with Crippen molar-refractivity contribution in [1.29, 1.82) is 0 Å². The second-order valence-corrected chi connectivity index (χ2v) is 4.30. The number of aliphatic hydroxyl groups is 1. The number of nitrogens with zero attached hydrogens (tertiary/aromatic N) is 2. The van der Waals surface area contributed by atoms with Crippen LogP contribution in [0.15, 0.2) is 24.5 Å². The van der Waals surface area contributed by atoms with E-state index in [1.165, 1.54) is 6.07 Å². The maximum atomic E-state index is 13.5. The minimum atomic E-state index is -0.732. The molecule has 0 spiro atoms. The monoisotopic (exact) mass is 234 g/mol. The van der Waals surface area contributed by atoms with Crippen molar-refractivity contribution < 1.29 is 9.50 Å². The van der Waals surface area contributed by atoms with Gasteiger partial charge in [-0.15, -0.1) is 0 Å². The molecule has 1 atom stereocenters. The molecule has 0 amide bonds. The van der Waals surface area contributed by atoms with Gasteiger partial charge >= 0.3 is 0 Å². The molecule has 0 aliphatic heterocycles. The third kappa shape index (κ3) is 2.22. The van der Waals surface area contributed by atoms with Crippen LogP contribution in [-0.2, 0) is 0 Å². The Morgan fingerprint density at radius 1 is 1.35 bits per heavy atom. The molecule has 2 aromatic rings. The topological polar surface area (TPSA) is 38.0 Å². The smallest absolute Gasteiger partial charge is 0.126 e. The van der Waals surface area contributed by atoms with Crippen molar-refractivity contribution in [3.05, 3.63) is 47.0 Å². The second-order valence-electron chi connectivity index (χ2n) is 4.30. The van der Waals surface area contributed by atoms with E-state index in [0.29, 0.717) is 16.8 Å². The zero-order valence-corrected chi connectivity index (χ0v) is 10.1. The predicted molar refractivity (Wildman–Crippen MR) is 63.6 cm³/mol. The number of rotatable bonds is 2. The van der Waals surface area contributed by atoms with E-state index < -0.39 is 6.10 Å². The van der Waals surface area contributed by atoms with Gasteiger partial charge in [0.15, 0.2) is 0 Å². The summed E-state index contributed by atoms with van der Waals surface area (Å²) in [5.74, 6) is -0.312. The first-order valence-electron chi connectivity index (χ1n) is 5.49. The molecule has 0 saturated heterocycles. The minimum Gasteiger partial charge on any atom is -0.389 e. The first-order valence-corrected chi connectivity index (χ1v) is 5.49. The quantitative estimate of drug-likeness (QED) is 0.867. The molecule has 0 aliphatic carbocycles. The standard InChI is InChI=1S/C13H15FN2O/c1-8-6-15-16(7-8)13-4-9(2)12(14)5-11(13)10(3)17/h4-7,10,17H,1-3H3. The zero-order chi connectivity index (χ0) is 12.6. The van der Waals surface area contributed by atoms with Crippen molar-refractivity contribution in [2.24, 2.45) is 0 Å². The largest absolute Gasteiger partial charge is 0.389 e. The first kappa shape index (κ1) is 11.8. The van der Waals surface area contributed by atoms with Crippen LogP contribution < -0.4 is 0 Å². The summed E-state index contributed by atoms with van der Waals surface area (Å²) in [5, 5.41) is 13.9. The lowest BCUT2D eigenvalue weighted by Crippen LogP contribution is -2.05. The molecule has 0 saturated carbocycles. The average molecular weight is 234 g/mol. The molecule has 0 bridgehead atoms. The zero-order valence-electron chi connectivity index (χ0n) is 10.1. The molecule has 0 radical (unpaired) electrons. The lowest BCUT2D eigenvalue weighted by atomic mass is 10.0. The predicted octanol–water partition coefficient (Wildman–Crippen LogP) is 2.68. The van der Waals surface area contributed by atoms with E-state index in [1.807, 2.05) is 13.1 Å². The first-order chi connectivity index (χ1) is 7.99. The number of aromatic nitrogens is 2. The summed E-state index contributed by atoms with van der Waals surface area (Å²) in [6, 6.07) is 3.07. The van der Waals surface area contributed by atoms with Gasteiger partial charge in [0.2, 0.25) is 0 Å². The Labute approximate surface area is 99.5 Å². The molecular weight excluding hydrogens is 219 g/mol. The molecule has 17 heavy (non-hydrogen) atoms. The Balaban J connectivity index is 2.63. The number of hydrogen-bond acceptors (Lipinski definition) is 2. The van der Waals surface area contributed by atoms with Gasteiger partial charge in [0, 0.05) is 11.8 Å². The van der Waals surface area contributed by atoms with E-state index in [1.54, 1.807) is 30.8 Å². The van der Waals surface area contributed by atoms with Crippen molar-refractivity contribution in [3.63, 3.8) is 0 Å². The summed E-state index contributed by atoms with van der Waals surface area (Å²) in [7, 11) is 0. The van der Waals surface area contributed by atoms with Crippen molar-refractivity contribution >= 4 is 0 Å². The fraction of sp³-hybridized carbons (Fsp3) is 0.308. The van der Waals surface area contributed by atoms with Crippen LogP contribution in [0, 0.1) is 19.7 Å². The van der Waals surface area contributed by atoms with E-state index >= 15 is 0 Å². The van der Waals surface area contributed by atoms with Gasteiger partial charge < -0.3 is 5.11 Å². The Morgan fingerprint density at radius 2 is 2.06 bits per heavy atom. The fourth-order valence-electron chi connectivity index (χ4n) is 1.76. The molecule has 1 heterocycles. The van der Waals surface area contributed by atoms with Crippen LogP contribution in [0.5, 0.6) is 0 Å². The number of hydrogen-bond donors (Lipinski definition) is 1. The highest BCUT2D eigenvalue weighted by atomic mass is 19.1. The highest BCUT2D eigenvalue weighted by Crippen LogP contribution is 2.24. The van der Waals surface area contributed by atoms with Crippen molar-refractivity contribution in [2.75, 3.05) is 0 Å². The molecule has 90 valence electrons. The van der Waals surface area contributed by atoms with Gasteiger partial charge in [-0.25, -0.2) is 9.07 Å². The number of halogens is 1. The lowest BCUT2D eigenvalue weighted by molar-refractivity contribution is 0.198. The van der Waals surface area contributed by atoms with Crippen LogP contribution in [0.3, 0.4) is 0 Å². The van der Waals surface area contributed by atoms with Crippen LogP contribution >= 0.6 is 0 Å².